The van der Waals surface area contributed by atoms with Gasteiger partial charge < -0.3 is 4.74 Å². The molecule has 0 radical (unpaired) electrons. The standard InChI is InChI=1S/C12H12O2/c1-3-14-12(13)10(2)9-11-7-5-4-6-8-11/h3-9H,1H2,2H3. The van der Waals surface area contributed by atoms with Crippen molar-refractivity contribution >= 4 is 12.0 Å². The molecule has 0 aliphatic heterocycles. The summed E-state index contributed by atoms with van der Waals surface area (Å²) in [4.78, 5) is 11.2. The molecule has 72 valence electrons. The molecule has 2 heteroatoms. The van der Waals surface area contributed by atoms with E-state index in [1.807, 2.05) is 30.3 Å². The Morgan fingerprint density at radius 1 is 1.36 bits per heavy atom. The number of rotatable bonds is 3. The fraction of sp³-hybridized carbons (Fsp3) is 0.0833. The van der Waals surface area contributed by atoms with Crippen LogP contribution in [-0.4, -0.2) is 5.97 Å². The normalized spacial score (nSPS) is 10.8. The maximum absolute atomic E-state index is 11.2. The Bertz CT molecular complexity index is 350. The van der Waals surface area contributed by atoms with Crippen LogP contribution in [0.4, 0.5) is 0 Å². The molecule has 0 saturated heterocycles. The van der Waals surface area contributed by atoms with Crippen LogP contribution in [0.5, 0.6) is 0 Å². The molecule has 0 fully saturated rings. The van der Waals surface area contributed by atoms with Crippen LogP contribution in [0.25, 0.3) is 6.08 Å². The van der Waals surface area contributed by atoms with Crippen LogP contribution in [-0.2, 0) is 9.53 Å². The Hall–Kier alpha value is -1.83. The Morgan fingerprint density at radius 2 is 2.00 bits per heavy atom. The van der Waals surface area contributed by atoms with Crippen molar-refractivity contribution in [3.63, 3.8) is 0 Å². The van der Waals surface area contributed by atoms with Gasteiger partial charge in [-0.25, -0.2) is 4.79 Å². The average Bonchev–Trinajstić information content (AvgIpc) is 2.19. The van der Waals surface area contributed by atoms with E-state index in [1.54, 1.807) is 13.0 Å². The number of carbonyl (C=O) groups excluding carboxylic acids is 1. The van der Waals surface area contributed by atoms with E-state index in [9.17, 15) is 4.79 Å². The predicted octanol–water partition coefficient (Wildman–Crippen LogP) is 2.78. The van der Waals surface area contributed by atoms with E-state index in [0.717, 1.165) is 11.8 Å². The number of esters is 1. The Labute approximate surface area is 83.5 Å². The second-order valence-corrected chi connectivity index (χ2v) is 2.81. The first kappa shape index (κ1) is 10.3. The van der Waals surface area contributed by atoms with Crippen LogP contribution in [0.3, 0.4) is 0 Å². The first-order valence-electron chi connectivity index (χ1n) is 4.29. The lowest BCUT2D eigenvalue weighted by molar-refractivity contribution is -0.133. The summed E-state index contributed by atoms with van der Waals surface area (Å²) in [5.41, 5.74) is 1.53. The van der Waals surface area contributed by atoms with Crippen LogP contribution in [0, 0.1) is 0 Å². The largest absolute Gasteiger partial charge is 0.432 e. The Balaban J connectivity index is 2.78. The van der Waals surface area contributed by atoms with Crippen molar-refractivity contribution in [3.05, 3.63) is 54.3 Å². The molecule has 1 aromatic carbocycles. The molecular formula is C12H12O2. The van der Waals surface area contributed by atoms with Gasteiger partial charge in [0.2, 0.25) is 0 Å². The van der Waals surface area contributed by atoms with E-state index >= 15 is 0 Å². The molecular weight excluding hydrogens is 176 g/mol. The number of hydrogen-bond donors (Lipinski definition) is 0. The molecule has 0 bridgehead atoms. The minimum absolute atomic E-state index is 0.371. The van der Waals surface area contributed by atoms with Gasteiger partial charge in [-0.1, -0.05) is 36.9 Å². The van der Waals surface area contributed by atoms with Gasteiger partial charge in [-0.05, 0) is 18.6 Å². The molecule has 0 heterocycles. The molecule has 2 nitrogen and oxygen atoms in total. The molecule has 0 aromatic heterocycles. The summed E-state index contributed by atoms with van der Waals surface area (Å²) in [5.74, 6) is -0.371. The highest BCUT2D eigenvalue weighted by molar-refractivity contribution is 5.93. The van der Waals surface area contributed by atoms with Crippen molar-refractivity contribution in [2.45, 2.75) is 6.92 Å². The summed E-state index contributed by atoms with van der Waals surface area (Å²) in [5, 5.41) is 0. The summed E-state index contributed by atoms with van der Waals surface area (Å²) >= 11 is 0. The van der Waals surface area contributed by atoms with E-state index in [-0.39, 0.29) is 5.97 Å². The van der Waals surface area contributed by atoms with Crippen LogP contribution < -0.4 is 0 Å². The van der Waals surface area contributed by atoms with Crippen LogP contribution in [0.15, 0.2) is 48.7 Å². The summed E-state index contributed by atoms with van der Waals surface area (Å²) in [6, 6.07) is 9.60. The quantitative estimate of drug-likeness (QED) is 0.414. The fourth-order valence-corrected chi connectivity index (χ4v) is 1.03. The highest BCUT2D eigenvalue weighted by atomic mass is 16.5. The second kappa shape index (κ2) is 5.02. The lowest BCUT2D eigenvalue weighted by Crippen LogP contribution is -2.00. The Morgan fingerprint density at radius 3 is 2.57 bits per heavy atom. The van der Waals surface area contributed by atoms with Gasteiger partial charge in [0.25, 0.3) is 0 Å². The first-order chi connectivity index (χ1) is 6.74. The van der Waals surface area contributed by atoms with Gasteiger partial charge in [0, 0.05) is 5.57 Å². The molecule has 0 N–H and O–H groups in total. The van der Waals surface area contributed by atoms with Crippen LogP contribution in [0.2, 0.25) is 0 Å². The molecule has 0 unspecified atom stereocenters. The van der Waals surface area contributed by atoms with Gasteiger partial charge in [-0.3, -0.25) is 0 Å². The number of ether oxygens (including phenoxy) is 1. The van der Waals surface area contributed by atoms with Crippen LogP contribution in [0.1, 0.15) is 12.5 Å². The lowest BCUT2D eigenvalue weighted by atomic mass is 10.1. The predicted molar refractivity (Wildman–Crippen MR) is 56.4 cm³/mol. The van der Waals surface area contributed by atoms with Crippen molar-refractivity contribution in [1.82, 2.24) is 0 Å². The third-order valence-corrected chi connectivity index (χ3v) is 1.70. The van der Waals surface area contributed by atoms with E-state index < -0.39 is 0 Å². The third kappa shape index (κ3) is 2.90. The molecule has 0 saturated carbocycles. The lowest BCUT2D eigenvalue weighted by Gasteiger charge is -1.98. The zero-order chi connectivity index (χ0) is 10.4. The summed E-state index contributed by atoms with van der Waals surface area (Å²) in [6.07, 6.45) is 2.90. The van der Waals surface area contributed by atoms with E-state index in [1.165, 1.54) is 0 Å². The van der Waals surface area contributed by atoms with Gasteiger partial charge in [-0.15, -0.1) is 0 Å². The maximum atomic E-state index is 11.2. The topological polar surface area (TPSA) is 26.3 Å². The molecule has 0 aliphatic carbocycles. The monoisotopic (exact) mass is 188 g/mol. The van der Waals surface area contributed by atoms with Gasteiger partial charge in [0.15, 0.2) is 0 Å². The highest BCUT2D eigenvalue weighted by Crippen LogP contribution is 2.07. The smallest absolute Gasteiger partial charge is 0.338 e. The molecule has 0 spiro atoms. The van der Waals surface area contributed by atoms with Crippen molar-refractivity contribution in [2.75, 3.05) is 0 Å². The molecule has 0 amide bonds. The number of carbonyl (C=O) groups is 1. The van der Waals surface area contributed by atoms with Crippen molar-refractivity contribution < 1.29 is 9.53 Å². The zero-order valence-corrected chi connectivity index (χ0v) is 8.07. The SMILES string of the molecule is C=COC(=O)C(C)=Cc1ccccc1. The average molecular weight is 188 g/mol. The summed E-state index contributed by atoms with van der Waals surface area (Å²) < 4.78 is 4.63. The third-order valence-electron chi connectivity index (χ3n) is 1.70. The van der Waals surface area contributed by atoms with Crippen molar-refractivity contribution in [3.8, 4) is 0 Å². The van der Waals surface area contributed by atoms with E-state index in [4.69, 9.17) is 0 Å². The molecule has 14 heavy (non-hydrogen) atoms. The van der Waals surface area contributed by atoms with E-state index in [2.05, 4.69) is 11.3 Å². The molecule has 1 aromatic rings. The molecule has 0 atom stereocenters. The minimum atomic E-state index is -0.371. The Kier molecular flexibility index (Phi) is 3.68. The van der Waals surface area contributed by atoms with Gasteiger partial charge in [0.05, 0.1) is 6.26 Å². The number of benzene rings is 1. The van der Waals surface area contributed by atoms with Crippen LogP contribution >= 0.6 is 0 Å². The number of hydrogen-bond acceptors (Lipinski definition) is 2. The summed E-state index contributed by atoms with van der Waals surface area (Å²) in [6.45, 7) is 5.03. The van der Waals surface area contributed by atoms with Crippen molar-refractivity contribution in [2.24, 2.45) is 0 Å². The summed E-state index contributed by atoms with van der Waals surface area (Å²) in [7, 11) is 0. The van der Waals surface area contributed by atoms with Gasteiger partial charge >= 0.3 is 5.97 Å². The first-order valence-corrected chi connectivity index (χ1v) is 4.29. The zero-order valence-electron chi connectivity index (χ0n) is 8.07. The van der Waals surface area contributed by atoms with Gasteiger partial charge in [-0.2, -0.15) is 0 Å². The van der Waals surface area contributed by atoms with Crippen molar-refractivity contribution in [1.29, 1.82) is 0 Å². The van der Waals surface area contributed by atoms with Gasteiger partial charge in [0.1, 0.15) is 0 Å². The molecule has 1 rings (SSSR count). The second-order valence-electron chi connectivity index (χ2n) is 2.81. The highest BCUT2D eigenvalue weighted by Gasteiger charge is 2.02. The minimum Gasteiger partial charge on any atom is -0.432 e. The fourth-order valence-electron chi connectivity index (χ4n) is 1.03. The van der Waals surface area contributed by atoms with E-state index in [0.29, 0.717) is 5.57 Å². The molecule has 0 aliphatic rings. The maximum Gasteiger partial charge on any atom is 0.338 e.